The van der Waals surface area contributed by atoms with Crippen LogP contribution in [-0.4, -0.2) is 40.3 Å². The maximum absolute atomic E-state index is 12.1. The average molecular weight is 286 g/mol. The Bertz CT molecular complexity index is 646. The zero-order valence-electron chi connectivity index (χ0n) is 12.0. The molecule has 6 nitrogen and oxygen atoms in total. The van der Waals surface area contributed by atoms with Crippen LogP contribution in [0.15, 0.2) is 24.3 Å². The van der Waals surface area contributed by atoms with Crippen LogP contribution in [0.25, 0.3) is 11.0 Å². The molecule has 0 spiro atoms. The lowest BCUT2D eigenvalue weighted by Gasteiger charge is -2.33. The van der Waals surface area contributed by atoms with Crippen molar-refractivity contribution < 1.29 is 9.53 Å². The molecule has 1 unspecified atom stereocenters. The van der Waals surface area contributed by atoms with Crippen molar-refractivity contribution in [2.45, 2.75) is 32.2 Å². The first kappa shape index (κ1) is 13.7. The molecule has 0 bridgehead atoms. The predicted octanol–water partition coefficient (Wildman–Crippen LogP) is 1.95. The highest BCUT2D eigenvalue weighted by atomic mass is 16.5. The zero-order chi connectivity index (χ0) is 14.7. The third-order valence-electron chi connectivity index (χ3n) is 3.67. The quantitative estimate of drug-likeness (QED) is 0.803. The van der Waals surface area contributed by atoms with E-state index in [0.29, 0.717) is 12.6 Å². The van der Waals surface area contributed by atoms with Crippen molar-refractivity contribution in [1.29, 1.82) is 0 Å². The summed E-state index contributed by atoms with van der Waals surface area (Å²) >= 11 is 0. The van der Waals surface area contributed by atoms with Crippen LogP contribution < -0.4 is 4.90 Å². The lowest BCUT2D eigenvalue weighted by Crippen LogP contribution is -2.46. The molecule has 0 saturated carbocycles. The minimum atomic E-state index is -0.304. The fourth-order valence-electron chi connectivity index (χ4n) is 2.65. The largest absolute Gasteiger partial charge is 0.464 e. The number of nitrogens with zero attached hydrogens (tertiary/aromatic N) is 4. The van der Waals surface area contributed by atoms with Crippen LogP contribution in [0.2, 0.25) is 0 Å². The summed E-state index contributed by atoms with van der Waals surface area (Å²) in [7, 11) is 0. The van der Waals surface area contributed by atoms with Crippen LogP contribution in [-0.2, 0) is 9.53 Å². The second-order valence-corrected chi connectivity index (χ2v) is 5.06. The van der Waals surface area contributed by atoms with Crippen LogP contribution in [0, 0.1) is 0 Å². The normalized spacial score (nSPS) is 18.7. The lowest BCUT2D eigenvalue weighted by atomic mass is 10.0. The van der Waals surface area contributed by atoms with E-state index < -0.39 is 0 Å². The highest BCUT2D eigenvalue weighted by Crippen LogP contribution is 2.23. The number of ether oxygens (including phenoxy) is 1. The number of anilines is 1. The first-order chi connectivity index (χ1) is 10.3. The Morgan fingerprint density at radius 2 is 2.10 bits per heavy atom. The van der Waals surface area contributed by atoms with Crippen molar-refractivity contribution in [1.82, 2.24) is 15.2 Å². The van der Waals surface area contributed by atoms with Crippen molar-refractivity contribution in [3.05, 3.63) is 24.3 Å². The Morgan fingerprint density at radius 3 is 2.90 bits per heavy atom. The van der Waals surface area contributed by atoms with Crippen LogP contribution in [0.3, 0.4) is 0 Å². The van der Waals surface area contributed by atoms with E-state index in [1.54, 1.807) is 0 Å². The Kier molecular flexibility index (Phi) is 3.94. The van der Waals surface area contributed by atoms with Gasteiger partial charge in [-0.25, -0.2) is 9.78 Å². The lowest BCUT2D eigenvalue weighted by molar-refractivity contribution is -0.145. The van der Waals surface area contributed by atoms with Crippen molar-refractivity contribution in [3.63, 3.8) is 0 Å². The maximum Gasteiger partial charge on any atom is 0.328 e. The standard InChI is InChI=1S/C15H18N4O2/c1-2-21-14(20)13-9-5-6-10-19(13)15-16-11-7-3-4-8-12(11)17-18-15/h3-4,7-8,13H,2,5-6,9-10H2,1H3. The number of esters is 1. The number of para-hydroxylation sites is 1. The molecule has 21 heavy (non-hydrogen) atoms. The van der Waals surface area contributed by atoms with E-state index in [0.717, 1.165) is 36.8 Å². The van der Waals surface area contributed by atoms with E-state index in [1.807, 2.05) is 36.1 Å². The van der Waals surface area contributed by atoms with E-state index in [1.165, 1.54) is 0 Å². The monoisotopic (exact) mass is 286 g/mol. The highest BCUT2D eigenvalue weighted by Gasteiger charge is 2.31. The van der Waals surface area contributed by atoms with Crippen LogP contribution in [0.5, 0.6) is 0 Å². The van der Waals surface area contributed by atoms with Gasteiger partial charge in [-0.15, -0.1) is 10.2 Å². The van der Waals surface area contributed by atoms with E-state index in [4.69, 9.17) is 4.74 Å². The summed E-state index contributed by atoms with van der Waals surface area (Å²) in [5, 5.41) is 8.37. The molecule has 1 aliphatic rings. The molecule has 2 heterocycles. The third-order valence-corrected chi connectivity index (χ3v) is 3.67. The summed E-state index contributed by atoms with van der Waals surface area (Å²) in [6, 6.07) is 7.29. The smallest absolute Gasteiger partial charge is 0.328 e. The third kappa shape index (κ3) is 2.79. The van der Waals surface area contributed by atoms with E-state index >= 15 is 0 Å². The van der Waals surface area contributed by atoms with Crippen LogP contribution in [0.1, 0.15) is 26.2 Å². The second kappa shape index (κ2) is 6.03. The molecule has 110 valence electrons. The van der Waals surface area contributed by atoms with E-state index in [-0.39, 0.29) is 12.0 Å². The summed E-state index contributed by atoms with van der Waals surface area (Å²) in [6.07, 6.45) is 2.81. The molecule has 1 aromatic heterocycles. The zero-order valence-corrected chi connectivity index (χ0v) is 12.0. The number of rotatable bonds is 3. The molecule has 3 rings (SSSR count). The Morgan fingerprint density at radius 1 is 1.29 bits per heavy atom. The number of benzene rings is 1. The van der Waals surface area contributed by atoms with Gasteiger partial charge in [0.25, 0.3) is 0 Å². The van der Waals surface area contributed by atoms with Crippen molar-refractivity contribution in [2.75, 3.05) is 18.1 Å². The first-order valence-electron chi connectivity index (χ1n) is 7.32. The molecule has 2 aromatic rings. The molecule has 6 heteroatoms. The average Bonchev–Trinajstić information content (AvgIpc) is 2.54. The number of carbonyl (C=O) groups is 1. The Balaban J connectivity index is 1.92. The molecule has 1 atom stereocenters. The first-order valence-corrected chi connectivity index (χ1v) is 7.32. The van der Waals surface area contributed by atoms with Crippen molar-refractivity contribution in [2.24, 2.45) is 0 Å². The molecule has 0 amide bonds. The van der Waals surface area contributed by atoms with Gasteiger partial charge in [0.05, 0.1) is 12.1 Å². The maximum atomic E-state index is 12.1. The predicted molar refractivity (Wildman–Crippen MR) is 79.0 cm³/mol. The molecule has 1 aromatic carbocycles. The van der Waals surface area contributed by atoms with E-state index in [2.05, 4.69) is 15.2 Å². The van der Waals surface area contributed by atoms with Gasteiger partial charge >= 0.3 is 5.97 Å². The van der Waals surface area contributed by atoms with Gasteiger partial charge in [0.1, 0.15) is 11.6 Å². The van der Waals surface area contributed by atoms with Gasteiger partial charge in [-0.05, 0) is 38.3 Å². The molecule has 0 radical (unpaired) electrons. The summed E-state index contributed by atoms with van der Waals surface area (Å²) < 4.78 is 5.16. The summed E-state index contributed by atoms with van der Waals surface area (Å²) in [5.74, 6) is 0.306. The summed E-state index contributed by atoms with van der Waals surface area (Å²) in [5.41, 5.74) is 1.54. The molecular weight excluding hydrogens is 268 g/mol. The molecule has 1 saturated heterocycles. The summed E-state index contributed by atoms with van der Waals surface area (Å²) in [6.45, 7) is 2.96. The second-order valence-electron chi connectivity index (χ2n) is 5.06. The van der Waals surface area contributed by atoms with Gasteiger partial charge in [0.2, 0.25) is 5.95 Å². The van der Waals surface area contributed by atoms with Crippen LogP contribution >= 0.6 is 0 Å². The Hall–Kier alpha value is -2.24. The number of carbonyl (C=O) groups excluding carboxylic acids is 1. The van der Waals surface area contributed by atoms with E-state index in [9.17, 15) is 4.79 Å². The van der Waals surface area contributed by atoms with Gasteiger partial charge in [0, 0.05) is 6.54 Å². The molecule has 1 aliphatic heterocycles. The summed E-state index contributed by atoms with van der Waals surface area (Å²) in [4.78, 5) is 18.6. The van der Waals surface area contributed by atoms with Crippen molar-refractivity contribution in [3.8, 4) is 0 Å². The highest BCUT2D eigenvalue weighted by molar-refractivity contribution is 5.80. The topological polar surface area (TPSA) is 68.2 Å². The van der Waals surface area contributed by atoms with Gasteiger partial charge in [0.15, 0.2) is 0 Å². The van der Waals surface area contributed by atoms with Gasteiger partial charge < -0.3 is 9.64 Å². The number of fused-ring (bicyclic) bond motifs is 1. The minimum Gasteiger partial charge on any atom is -0.464 e. The van der Waals surface area contributed by atoms with Crippen LogP contribution in [0.4, 0.5) is 5.95 Å². The van der Waals surface area contributed by atoms with Gasteiger partial charge in [-0.2, -0.15) is 0 Å². The van der Waals surface area contributed by atoms with Gasteiger partial charge in [-0.1, -0.05) is 12.1 Å². The number of aromatic nitrogens is 3. The minimum absolute atomic E-state index is 0.200. The number of piperidine rings is 1. The number of hydrogen-bond donors (Lipinski definition) is 0. The molecular formula is C15H18N4O2. The Labute approximate surface area is 123 Å². The molecule has 0 aliphatic carbocycles. The number of hydrogen-bond acceptors (Lipinski definition) is 6. The fraction of sp³-hybridized carbons (Fsp3) is 0.467. The molecule has 1 fully saturated rings. The molecule has 0 N–H and O–H groups in total. The fourth-order valence-corrected chi connectivity index (χ4v) is 2.65. The van der Waals surface area contributed by atoms with Crippen molar-refractivity contribution >= 4 is 23.0 Å². The SMILES string of the molecule is CCOC(=O)C1CCCCN1c1nnc2ccccc2n1. The van der Waals surface area contributed by atoms with Gasteiger partial charge in [-0.3, -0.25) is 0 Å².